The Bertz CT molecular complexity index is 910. The van der Waals surface area contributed by atoms with Crippen LogP contribution in [0.25, 0.3) is 27.9 Å². The molecule has 0 atom stereocenters. The van der Waals surface area contributed by atoms with Gasteiger partial charge in [0.2, 0.25) is 5.95 Å². The highest BCUT2D eigenvalue weighted by Gasteiger charge is 2.13. The van der Waals surface area contributed by atoms with Crippen LogP contribution in [0.5, 0.6) is 0 Å². The number of hydrogen-bond acceptors (Lipinski definition) is 3. The zero-order chi connectivity index (χ0) is 13.5. The van der Waals surface area contributed by atoms with E-state index in [1.54, 1.807) is 18.6 Å². The third-order valence-electron chi connectivity index (χ3n) is 3.43. The van der Waals surface area contributed by atoms with Crippen molar-refractivity contribution in [3.8, 4) is 5.95 Å². The molecular formula is C16H12N4. The van der Waals surface area contributed by atoms with Crippen molar-refractivity contribution in [3.63, 3.8) is 0 Å². The van der Waals surface area contributed by atoms with Gasteiger partial charge < -0.3 is 0 Å². The molecule has 0 saturated heterocycles. The molecule has 0 aliphatic rings. The summed E-state index contributed by atoms with van der Waals surface area (Å²) in [7, 11) is 0. The molecule has 4 nitrogen and oxygen atoms in total. The lowest BCUT2D eigenvalue weighted by Gasteiger charge is -2.03. The topological polar surface area (TPSA) is 43.6 Å². The molecule has 0 spiro atoms. The Kier molecular flexibility index (Phi) is 2.29. The van der Waals surface area contributed by atoms with Crippen molar-refractivity contribution < 1.29 is 0 Å². The molecule has 0 amide bonds. The van der Waals surface area contributed by atoms with Crippen LogP contribution in [0.15, 0.2) is 55.0 Å². The largest absolute Gasteiger partial charge is 0.262 e. The Balaban J connectivity index is 2.22. The van der Waals surface area contributed by atoms with Crippen LogP contribution >= 0.6 is 0 Å². The van der Waals surface area contributed by atoms with Crippen molar-refractivity contribution in [1.29, 1.82) is 0 Å². The maximum absolute atomic E-state index is 4.51. The lowest BCUT2D eigenvalue weighted by atomic mass is 10.1. The van der Waals surface area contributed by atoms with Gasteiger partial charge >= 0.3 is 0 Å². The van der Waals surface area contributed by atoms with Crippen LogP contribution in [-0.4, -0.2) is 19.5 Å². The first-order valence-corrected chi connectivity index (χ1v) is 6.48. The molecule has 1 aromatic carbocycles. The van der Waals surface area contributed by atoms with Gasteiger partial charge in [-0.1, -0.05) is 11.6 Å². The van der Waals surface area contributed by atoms with Gasteiger partial charge in [-0.05, 0) is 37.3 Å². The first-order chi connectivity index (χ1) is 9.84. The molecular weight excluding hydrogens is 248 g/mol. The Morgan fingerprint density at radius 2 is 1.65 bits per heavy atom. The van der Waals surface area contributed by atoms with Crippen molar-refractivity contribution in [2.45, 2.75) is 6.92 Å². The monoisotopic (exact) mass is 260 g/mol. The predicted molar refractivity (Wildman–Crippen MR) is 78.9 cm³/mol. The summed E-state index contributed by atoms with van der Waals surface area (Å²) in [6, 6.07) is 12.2. The number of pyridine rings is 1. The maximum atomic E-state index is 4.51. The van der Waals surface area contributed by atoms with Crippen LogP contribution in [0.3, 0.4) is 0 Å². The SMILES string of the molecule is Cc1ccc2c(c1)c1cccnc1n2-c1ncccn1. The highest BCUT2D eigenvalue weighted by Crippen LogP contribution is 2.29. The molecule has 3 aromatic heterocycles. The van der Waals surface area contributed by atoms with Gasteiger partial charge in [0, 0.05) is 29.4 Å². The van der Waals surface area contributed by atoms with E-state index in [0.29, 0.717) is 5.95 Å². The average molecular weight is 260 g/mol. The number of aryl methyl sites for hydroxylation is 1. The summed E-state index contributed by atoms with van der Waals surface area (Å²) in [5, 5.41) is 2.30. The van der Waals surface area contributed by atoms with E-state index in [1.807, 2.05) is 16.7 Å². The Labute approximate surface area is 115 Å². The van der Waals surface area contributed by atoms with E-state index in [4.69, 9.17) is 0 Å². The minimum Gasteiger partial charge on any atom is -0.262 e. The molecule has 0 aliphatic carbocycles. The Morgan fingerprint density at radius 3 is 2.50 bits per heavy atom. The first-order valence-electron chi connectivity index (χ1n) is 6.48. The minimum absolute atomic E-state index is 0.648. The quantitative estimate of drug-likeness (QED) is 0.527. The third-order valence-corrected chi connectivity index (χ3v) is 3.43. The lowest BCUT2D eigenvalue weighted by molar-refractivity contribution is 0.975. The molecule has 0 N–H and O–H groups in total. The fraction of sp³-hybridized carbons (Fsp3) is 0.0625. The summed E-state index contributed by atoms with van der Waals surface area (Å²) in [6.45, 7) is 2.10. The van der Waals surface area contributed by atoms with E-state index < -0.39 is 0 Å². The van der Waals surface area contributed by atoms with Gasteiger partial charge in [0.15, 0.2) is 0 Å². The molecule has 0 radical (unpaired) electrons. The molecule has 3 heterocycles. The van der Waals surface area contributed by atoms with Crippen LogP contribution in [0.1, 0.15) is 5.56 Å². The number of benzene rings is 1. The van der Waals surface area contributed by atoms with Gasteiger partial charge in [0.05, 0.1) is 5.52 Å². The Morgan fingerprint density at radius 1 is 0.850 bits per heavy atom. The van der Waals surface area contributed by atoms with Gasteiger partial charge in [0.25, 0.3) is 0 Å². The summed E-state index contributed by atoms with van der Waals surface area (Å²) >= 11 is 0. The van der Waals surface area contributed by atoms with E-state index in [2.05, 4.69) is 46.1 Å². The molecule has 0 bridgehead atoms. The number of fused-ring (bicyclic) bond motifs is 3. The number of rotatable bonds is 1. The Hall–Kier alpha value is -2.75. The van der Waals surface area contributed by atoms with E-state index >= 15 is 0 Å². The van der Waals surface area contributed by atoms with Gasteiger partial charge in [-0.15, -0.1) is 0 Å². The second-order valence-corrected chi connectivity index (χ2v) is 4.78. The molecule has 96 valence electrons. The number of nitrogens with zero attached hydrogens (tertiary/aromatic N) is 4. The van der Waals surface area contributed by atoms with Gasteiger partial charge in [-0.25, -0.2) is 15.0 Å². The molecule has 4 rings (SSSR count). The maximum Gasteiger partial charge on any atom is 0.235 e. The number of aromatic nitrogens is 4. The van der Waals surface area contributed by atoms with Crippen LogP contribution in [-0.2, 0) is 0 Å². The molecule has 0 saturated carbocycles. The summed E-state index contributed by atoms with van der Waals surface area (Å²) < 4.78 is 2.00. The smallest absolute Gasteiger partial charge is 0.235 e. The highest BCUT2D eigenvalue weighted by atomic mass is 15.2. The zero-order valence-corrected chi connectivity index (χ0v) is 11.0. The van der Waals surface area contributed by atoms with Crippen LogP contribution in [0.2, 0.25) is 0 Å². The third kappa shape index (κ3) is 1.51. The van der Waals surface area contributed by atoms with Gasteiger partial charge in [-0.3, -0.25) is 4.57 Å². The second kappa shape index (κ2) is 4.13. The number of hydrogen-bond donors (Lipinski definition) is 0. The van der Waals surface area contributed by atoms with E-state index in [1.165, 1.54) is 10.9 Å². The minimum atomic E-state index is 0.648. The van der Waals surface area contributed by atoms with Crippen molar-refractivity contribution in [2.24, 2.45) is 0 Å². The van der Waals surface area contributed by atoms with Crippen molar-refractivity contribution in [3.05, 3.63) is 60.6 Å². The van der Waals surface area contributed by atoms with Crippen molar-refractivity contribution in [1.82, 2.24) is 19.5 Å². The van der Waals surface area contributed by atoms with E-state index in [9.17, 15) is 0 Å². The van der Waals surface area contributed by atoms with Crippen LogP contribution < -0.4 is 0 Å². The first kappa shape index (κ1) is 11.1. The zero-order valence-electron chi connectivity index (χ0n) is 11.0. The van der Waals surface area contributed by atoms with Crippen LogP contribution in [0, 0.1) is 6.92 Å². The van der Waals surface area contributed by atoms with Crippen molar-refractivity contribution in [2.75, 3.05) is 0 Å². The summed E-state index contributed by atoms with van der Waals surface area (Å²) in [6.07, 6.45) is 5.29. The molecule has 4 heteroatoms. The van der Waals surface area contributed by atoms with Gasteiger partial charge in [-0.2, -0.15) is 0 Å². The second-order valence-electron chi connectivity index (χ2n) is 4.78. The fourth-order valence-corrected chi connectivity index (χ4v) is 2.57. The summed E-state index contributed by atoms with van der Waals surface area (Å²) in [5.74, 6) is 0.648. The van der Waals surface area contributed by atoms with Gasteiger partial charge in [0.1, 0.15) is 5.65 Å². The van der Waals surface area contributed by atoms with E-state index in [0.717, 1.165) is 16.6 Å². The van der Waals surface area contributed by atoms with Crippen molar-refractivity contribution >= 4 is 21.9 Å². The molecule has 20 heavy (non-hydrogen) atoms. The molecule has 4 aromatic rings. The highest BCUT2D eigenvalue weighted by molar-refractivity contribution is 6.07. The average Bonchev–Trinajstić information content (AvgIpc) is 2.82. The summed E-state index contributed by atoms with van der Waals surface area (Å²) in [5.41, 5.74) is 3.20. The standard InChI is InChI=1S/C16H12N4/c1-11-5-6-14-13(10-11)12-4-2-7-17-15(12)20(14)16-18-8-3-9-19-16/h2-10H,1H3. The summed E-state index contributed by atoms with van der Waals surface area (Å²) in [4.78, 5) is 13.2. The molecule has 0 aliphatic heterocycles. The molecule has 0 unspecified atom stereocenters. The van der Waals surface area contributed by atoms with Crippen LogP contribution in [0.4, 0.5) is 0 Å². The lowest BCUT2D eigenvalue weighted by Crippen LogP contribution is -2.00. The predicted octanol–water partition coefficient (Wildman–Crippen LogP) is 3.28. The fourth-order valence-electron chi connectivity index (χ4n) is 2.57. The normalized spacial score (nSPS) is 11.2. The molecule has 0 fully saturated rings. The van der Waals surface area contributed by atoms with E-state index in [-0.39, 0.29) is 0 Å².